The number of piperazine rings is 1. The number of nitrogens with zero attached hydrogens (tertiary/aromatic N) is 3. The Morgan fingerprint density at radius 2 is 2.09 bits per heavy atom. The number of carbonyl (C=O) groups is 1. The van der Waals surface area contributed by atoms with Gasteiger partial charge in [0.15, 0.2) is 0 Å². The largest absolute Gasteiger partial charge is 0.324 e. The molecule has 0 saturated carbocycles. The zero-order valence-electron chi connectivity index (χ0n) is 14.2. The van der Waals surface area contributed by atoms with E-state index in [0.717, 1.165) is 36.9 Å². The predicted molar refractivity (Wildman–Crippen MR) is 96.2 cm³/mol. The van der Waals surface area contributed by atoms with Gasteiger partial charge in [0, 0.05) is 45.3 Å². The van der Waals surface area contributed by atoms with Crippen molar-refractivity contribution in [2.24, 2.45) is 5.92 Å². The number of nitrogens with one attached hydrogen (secondary N) is 1. The minimum atomic E-state index is 0.0545. The van der Waals surface area contributed by atoms with E-state index < -0.39 is 0 Å². The number of likely N-dealkylation sites (tertiary alicyclic amines) is 1. The third-order valence-electron chi connectivity index (χ3n) is 5.11. The monoisotopic (exact) mass is 336 g/mol. The Morgan fingerprint density at radius 3 is 2.74 bits per heavy atom. The number of anilines is 1. The van der Waals surface area contributed by atoms with Gasteiger partial charge in [0.1, 0.15) is 0 Å². The summed E-state index contributed by atoms with van der Waals surface area (Å²) in [5.74, 6) is 0.728. The molecule has 2 aliphatic rings. The van der Waals surface area contributed by atoms with Gasteiger partial charge < -0.3 is 9.80 Å². The van der Waals surface area contributed by atoms with Crippen LogP contribution < -0.4 is 5.32 Å². The van der Waals surface area contributed by atoms with Gasteiger partial charge in [-0.1, -0.05) is 0 Å². The second kappa shape index (κ2) is 7.64. The zero-order valence-corrected chi connectivity index (χ0v) is 15.0. The first-order valence-corrected chi connectivity index (χ1v) is 9.52. The normalized spacial score (nSPS) is 24.8. The minimum absolute atomic E-state index is 0.0545. The van der Waals surface area contributed by atoms with Gasteiger partial charge in [0.2, 0.25) is 0 Å². The third-order valence-corrected chi connectivity index (χ3v) is 5.90. The third kappa shape index (κ3) is 4.46. The second-order valence-corrected chi connectivity index (χ2v) is 7.89. The summed E-state index contributed by atoms with van der Waals surface area (Å²) in [6.07, 6.45) is 2.24. The van der Waals surface area contributed by atoms with Crippen LogP contribution in [-0.4, -0.2) is 73.1 Å². The Bertz CT molecular complexity index is 499. The molecule has 0 aliphatic carbocycles. The van der Waals surface area contributed by atoms with Gasteiger partial charge in [0.05, 0.1) is 5.00 Å². The number of piperidine rings is 1. The summed E-state index contributed by atoms with van der Waals surface area (Å²) in [6, 6.07) is 4.61. The summed E-state index contributed by atoms with van der Waals surface area (Å²) >= 11 is 1.57. The van der Waals surface area contributed by atoms with E-state index in [2.05, 4.69) is 29.1 Å². The Morgan fingerprint density at radius 1 is 1.30 bits per heavy atom. The van der Waals surface area contributed by atoms with Crippen molar-refractivity contribution in [3.63, 3.8) is 0 Å². The first-order chi connectivity index (χ1) is 11.1. The summed E-state index contributed by atoms with van der Waals surface area (Å²) in [5.41, 5.74) is 0. The summed E-state index contributed by atoms with van der Waals surface area (Å²) in [4.78, 5) is 19.3. The number of likely N-dealkylation sites (N-methyl/N-ethyl adjacent to an activating group) is 1. The molecule has 5 nitrogen and oxygen atoms in total. The van der Waals surface area contributed by atoms with Crippen LogP contribution in [0.5, 0.6) is 0 Å². The van der Waals surface area contributed by atoms with Crippen molar-refractivity contribution < 1.29 is 4.79 Å². The van der Waals surface area contributed by atoms with Crippen LogP contribution in [0.2, 0.25) is 0 Å². The summed E-state index contributed by atoms with van der Waals surface area (Å²) in [7, 11) is 2.21. The Labute approximate surface area is 143 Å². The van der Waals surface area contributed by atoms with E-state index in [1.807, 2.05) is 22.4 Å². The van der Waals surface area contributed by atoms with Gasteiger partial charge in [0.25, 0.3) is 0 Å². The number of hydrogen-bond acceptors (Lipinski definition) is 4. The summed E-state index contributed by atoms with van der Waals surface area (Å²) < 4.78 is 0. The van der Waals surface area contributed by atoms with Crippen molar-refractivity contribution in [1.82, 2.24) is 14.7 Å². The highest BCUT2D eigenvalue weighted by Crippen LogP contribution is 2.22. The molecule has 0 radical (unpaired) electrons. The molecule has 6 heteroatoms. The van der Waals surface area contributed by atoms with E-state index in [9.17, 15) is 4.79 Å². The smallest absolute Gasteiger partial charge is 0.322 e. The number of carbonyl (C=O) groups excluding carboxylic acids is 1. The predicted octanol–water partition coefficient (Wildman–Crippen LogP) is 2.63. The molecule has 23 heavy (non-hydrogen) atoms. The Kier molecular flexibility index (Phi) is 5.56. The molecule has 1 atom stereocenters. The molecule has 2 fully saturated rings. The lowest BCUT2D eigenvalue weighted by Gasteiger charge is -2.41. The second-order valence-electron chi connectivity index (χ2n) is 6.94. The zero-order chi connectivity index (χ0) is 16.2. The maximum Gasteiger partial charge on any atom is 0.322 e. The fourth-order valence-corrected chi connectivity index (χ4v) is 4.24. The van der Waals surface area contributed by atoms with Gasteiger partial charge in [-0.05, 0) is 50.2 Å². The van der Waals surface area contributed by atoms with Gasteiger partial charge in [-0.2, -0.15) is 0 Å². The van der Waals surface area contributed by atoms with E-state index in [1.165, 1.54) is 26.2 Å². The molecule has 1 aromatic rings. The van der Waals surface area contributed by atoms with E-state index in [0.29, 0.717) is 6.04 Å². The maximum absolute atomic E-state index is 12.3. The standard InChI is InChI=1S/C17H28N4OS/c1-14-12-19(2)9-10-21(14)13-15-5-7-20(8-6-15)17(22)18-16-4-3-11-23-16/h3-4,11,14-15H,5-10,12-13H2,1-2H3,(H,18,22). The van der Waals surface area contributed by atoms with E-state index in [1.54, 1.807) is 11.3 Å². The lowest BCUT2D eigenvalue weighted by atomic mass is 9.95. The van der Waals surface area contributed by atoms with Crippen LogP contribution in [0.3, 0.4) is 0 Å². The van der Waals surface area contributed by atoms with Crippen LogP contribution in [0.15, 0.2) is 17.5 Å². The molecule has 1 N–H and O–H groups in total. The van der Waals surface area contributed by atoms with Crippen molar-refractivity contribution >= 4 is 22.4 Å². The van der Waals surface area contributed by atoms with Crippen LogP contribution in [0.25, 0.3) is 0 Å². The topological polar surface area (TPSA) is 38.8 Å². The van der Waals surface area contributed by atoms with Crippen LogP contribution in [0.1, 0.15) is 19.8 Å². The molecule has 1 unspecified atom stereocenters. The molecule has 0 spiro atoms. The van der Waals surface area contributed by atoms with Crippen molar-refractivity contribution in [1.29, 1.82) is 0 Å². The van der Waals surface area contributed by atoms with Crippen LogP contribution >= 0.6 is 11.3 Å². The fraction of sp³-hybridized carbons (Fsp3) is 0.706. The molecule has 128 valence electrons. The average Bonchev–Trinajstić information content (AvgIpc) is 3.04. The van der Waals surface area contributed by atoms with Gasteiger partial charge in [-0.3, -0.25) is 10.2 Å². The molecule has 1 aromatic heterocycles. The SMILES string of the molecule is CC1CN(C)CCN1CC1CCN(C(=O)Nc2cccs2)CC1. The molecule has 0 bridgehead atoms. The number of rotatable bonds is 3. The van der Waals surface area contributed by atoms with Gasteiger partial charge in [-0.25, -0.2) is 4.79 Å². The molecular weight excluding hydrogens is 308 g/mol. The molecule has 2 amide bonds. The molecule has 3 rings (SSSR count). The van der Waals surface area contributed by atoms with Crippen LogP contribution in [0, 0.1) is 5.92 Å². The first-order valence-electron chi connectivity index (χ1n) is 8.64. The van der Waals surface area contributed by atoms with Crippen molar-refractivity contribution in [2.75, 3.05) is 51.6 Å². The highest BCUT2D eigenvalue weighted by Gasteiger charge is 2.27. The lowest BCUT2D eigenvalue weighted by Crippen LogP contribution is -2.52. The summed E-state index contributed by atoms with van der Waals surface area (Å²) in [6.45, 7) is 8.80. The number of urea groups is 1. The van der Waals surface area contributed by atoms with E-state index >= 15 is 0 Å². The van der Waals surface area contributed by atoms with E-state index in [4.69, 9.17) is 0 Å². The molecule has 2 saturated heterocycles. The van der Waals surface area contributed by atoms with Gasteiger partial charge >= 0.3 is 6.03 Å². The summed E-state index contributed by atoms with van der Waals surface area (Å²) in [5, 5.41) is 5.91. The molecule has 2 aliphatic heterocycles. The minimum Gasteiger partial charge on any atom is -0.324 e. The number of amides is 2. The van der Waals surface area contributed by atoms with Crippen molar-refractivity contribution in [2.45, 2.75) is 25.8 Å². The maximum atomic E-state index is 12.3. The van der Waals surface area contributed by atoms with E-state index in [-0.39, 0.29) is 6.03 Å². The number of thiophene rings is 1. The molecular formula is C17H28N4OS. The molecule has 0 aromatic carbocycles. The Balaban J connectivity index is 1.42. The average molecular weight is 337 g/mol. The van der Waals surface area contributed by atoms with Crippen molar-refractivity contribution in [3.8, 4) is 0 Å². The highest BCUT2D eigenvalue weighted by molar-refractivity contribution is 7.14. The lowest BCUT2D eigenvalue weighted by molar-refractivity contribution is 0.0720. The van der Waals surface area contributed by atoms with Gasteiger partial charge in [-0.15, -0.1) is 11.3 Å². The van der Waals surface area contributed by atoms with Crippen molar-refractivity contribution in [3.05, 3.63) is 17.5 Å². The quantitative estimate of drug-likeness (QED) is 0.922. The highest BCUT2D eigenvalue weighted by atomic mass is 32.1. The van der Waals surface area contributed by atoms with Crippen LogP contribution in [0.4, 0.5) is 9.80 Å². The number of hydrogen-bond donors (Lipinski definition) is 1. The molecule has 3 heterocycles. The fourth-order valence-electron chi connectivity index (χ4n) is 3.63. The first kappa shape index (κ1) is 16.7. The Hall–Kier alpha value is -1.11. The van der Waals surface area contributed by atoms with Crippen LogP contribution in [-0.2, 0) is 0 Å².